The second-order valence-electron chi connectivity index (χ2n) is 5.05. The van der Waals surface area contributed by atoms with E-state index in [4.69, 9.17) is 0 Å². The summed E-state index contributed by atoms with van der Waals surface area (Å²) in [4.78, 5) is 14.3. The SMILES string of the molecule is Cc1nn(-c2ccccc2)cc1C(=O)N1CCS(=O)CC1. The predicted octanol–water partition coefficient (Wildman–Crippen LogP) is 1.39. The molecule has 0 unspecified atom stereocenters. The van der Waals surface area contributed by atoms with Crippen LogP contribution in [0.1, 0.15) is 16.1 Å². The Labute approximate surface area is 126 Å². The molecule has 1 saturated heterocycles. The van der Waals surface area contributed by atoms with Crippen LogP contribution in [0, 0.1) is 6.92 Å². The van der Waals surface area contributed by atoms with Crippen LogP contribution in [0.3, 0.4) is 0 Å². The number of aromatic nitrogens is 2. The Hall–Kier alpha value is -1.95. The van der Waals surface area contributed by atoms with Gasteiger partial charge in [-0.3, -0.25) is 9.00 Å². The summed E-state index contributed by atoms with van der Waals surface area (Å²) < 4.78 is 13.1. The van der Waals surface area contributed by atoms with E-state index >= 15 is 0 Å². The molecular formula is C15H17N3O2S. The third-order valence-corrected chi connectivity index (χ3v) is 4.89. The van der Waals surface area contributed by atoms with Crippen LogP contribution in [0.4, 0.5) is 0 Å². The lowest BCUT2D eigenvalue weighted by Gasteiger charge is -2.26. The van der Waals surface area contributed by atoms with E-state index in [1.807, 2.05) is 37.3 Å². The van der Waals surface area contributed by atoms with E-state index in [0.717, 1.165) is 11.4 Å². The Morgan fingerprint density at radius 3 is 2.52 bits per heavy atom. The molecule has 0 atom stereocenters. The van der Waals surface area contributed by atoms with Crippen molar-refractivity contribution in [2.24, 2.45) is 0 Å². The molecule has 0 spiro atoms. The number of carbonyl (C=O) groups excluding carboxylic acids is 1. The van der Waals surface area contributed by atoms with Gasteiger partial charge in [0.15, 0.2) is 0 Å². The molecule has 1 aromatic carbocycles. The van der Waals surface area contributed by atoms with E-state index in [2.05, 4.69) is 5.10 Å². The Bertz CT molecular complexity index is 671. The highest BCUT2D eigenvalue weighted by molar-refractivity contribution is 7.85. The van der Waals surface area contributed by atoms with Gasteiger partial charge >= 0.3 is 0 Å². The topological polar surface area (TPSA) is 55.2 Å². The van der Waals surface area contributed by atoms with Crippen LogP contribution < -0.4 is 0 Å². The van der Waals surface area contributed by atoms with Gasteiger partial charge in [0.2, 0.25) is 0 Å². The Kier molecular flexibility index (Phi) is 3.88. The average Bonchev–Trinajstić information content (AvgIpc) is 2.90. The number of hydrogen-bond acceptors (Lipinski definition) is 3. The fourth-order valence-electron chi connectivity index (χ4n) is 2.39. The van der Waals surface area contributed by atoms with Crippen molar-refractivity contribution in [3.8, 4) is 5.69 Å². The molecule has 1 aromatic heterocycles. The number of para-hydroxylation sites is 1. The lowest BCUT2D eigenvalue weighted by atomic mass is 10.2. The molecule has 0 saturated carbocycles. The van der Waals surface area contributed by atoms with Crippen LogP contribution in [0.15, 0.2) is 36.5 Å². The van der Waals surface area contributed by atoms with Gasteiger partial charge in [0.1, 0.15) is 0 Å². The van der Waals surface area contributed by atoms with Gasteiger partial charge in [0.25, 0.3) is 5.91 Å². The molecule has 0 N–H and O–H groups in total. The highest BCUT2D eigenvalue weighted by atomic mass is 32.2. The van der Waals surface area contributed by atoms with Crippen molar-refractivity contribution in [2.75, 3.05) is 24.6 Å². The van der Waals surface area contributed by atoms with Crippen molar-refractivity contribution in [2.45, 2.75) is 6.92 Å². The Morgan fingerprint density at radius 1 is 1.19 bits per heavy atom. The molecule has 0 aliphatic carbocycles. The first-order valence-electron chi connectivity index (χ1n) is 6.91. The molecule has 6 heteroatoms. The highest BCUT2D eigenvalue weighted by Crippen LogP contribution is 2.15. The van der Waals surface area contributed by atoms with Gasteiger partial charge in [0, 0.05) is 41.6 Å². The largest absolute Gasteiger partial charge is 0.337 e. The Balaban J connectivity index is 1.84. The van der Waals surface area contributed by atoms with Crippen LogP contribution >= 0.6 is 0 Å². The van der Waals surface area contributed by atoms with Crippen molar-refractivity contribution >= 4 is 16.7 Å². The van der Waals surface area contributed by atoms with Gasteiger partial charge in [-0.15, -0.1) is 0 Å². The second-order valence-corrected chi connectivity index (χ2v) is 6.74. The van der Waals surface area contributed by atoms with Gasteiger partial charge in [0.05, 0.1) is 16.9 Å². The lowest BCUT2D eigenvalue weighted by Crippen LogP contribution is -2.41. The lowest BCUT2D eigenvalue weighted by molar-refractivity contribution is 0.0770. The predicted molar refractivity (Wildman–Crippen MR) is 82.1 cm³/mol. The summed E-state index contributed by atoms with van der Waals surface area (Å²) in [5, 5.41) is 4.42. The summed E-state index contributed by atoms with van der Waals surface area (Å²) in [7, 11) is -0.778. The van der Waals surface area contributed by atoms with E-state index in [1.165, 1.54) is 0 Å². The molecular weight excluding hydrogens is 286 g/mol. The number of benzene rings is 1. The van der Waals surface area contributed by atoms with Gasteiger partial charge in [-0.05, 0) is 19.1 Å². The average molecular weight is 303 g/mol. The first-order chi connectivity index (χ1) is 10.1. The summed E-state index contributed by atoms with van der Waals surface area (Å²) in [6.45, 7) is 2.96. The summed E-state index contributed by atoms with van der Waals surface area (Å²) in [5.41, 5.74) is 2.27. The quantitative estimate of drug-likeness (QED) is 0.842. The van der Waals surface area contributed by atoms with E-state index in [0.29, 0.717) is 30.2 Å². The maximum Gasteiger partial charge on any atom is 0.257 e. The van der Waals surface area contributed by atoms with Crippen molar-refractivity contribution in [3.05, 3.63) is 47.8 Å². The third kappa shape index (κ3) is 2.90. The normalized spacial score (nSPS) is 16.1. The zero-order chi connectivity index (χ0) is 14.8. The molecule has 21 heavy (non-hydrogen) atoms. The summed E-state index contributed by atoms with van der Waals surface area (Å²) in [6, 6.07) is 9.72. The number of amides is 1. The number of hydrogen-bond donors (Lipinski definition) is 0. The molecule has 3 rings (SSSR count). The zero-order valence-electron chi connectivity index (χ0n) is 11.9. The minimum absolute atomic E-state index is 0.0219. The van der Waals surface area contributed by atoms with Crippen LogP contribution in [0.25, 0.3) is 5.69 Å². The minimum Gasteiger partial charge on any atom is -0.337 e. The van der Waals surface area contributed by atoms with Crippen molar-refractivity contribution < 1.29 is 9.00 Å². The summed E-state index contributed by atoms with van der Waals surface area (Å²) in [5.74, 6) is 1.11. The van der Waals surface area contributed by atoms with Crippen LogP contribution in [0.2, 0.25) is 0 Å². The van der Waals surface area contributed by atoms with Gasteiger partial charge in [-0.1, -0.05) is 18.2 Å². The molecule has 5 nitrogen and oxygen atoms in total. The molecule has 1 aliphatic rings. The zero-order valence-corrected chi connectivity index (χ0v) is 12.7. The van der Waals surface area contributed by atoms with Crippen LogP contribution in [-0.4, -0.2) is 49.4 Å². The highest BCUT2D eigenvalue weighted by Gasteiger charge is 2.24. The van der Waals surface area contributed by atoms with Gasteiger partial charge in [-0.25, -0.2) is 4.68 Å². The fraction of sp³-hybridized carbons (Fsp3) is 0.333. The van der Waals surface area contributed by atoms with E-state index in [1.54, 1.807) is 15.8 Å². The number of rotatable bonds is 2. The Morgan fingerprint density at radius 2 is 1.86 bits per heavy atom. The van der Waals surface area contributed by atoms with Crippen LogP contribution in [0.5, 0.6) is 0 Å². The molecule has 1 fully saturated rings. The second kappa shape index (κ2) is 5.81. The summed E-state index contributed by atoms with van der Waals surface area (Å²) >= 11 is 0. The van der Waals surface area contributed by atoms with Crippen molar-refractivity contribution in [1.82, 2.24) is 14.7 Å². The van der Waals surface area contributed by atoms with Crippen LogP contribution in [-0.2, 0) is 10.8 Å². The number of aryl methyl sites for hydroxylation is 1. The molecule has 1 amide bonds. The number of nitrogens with zero attached hydrogens (tertiary/aromatic N) is 3. The first kappa shape index (κ1) is 14.0. The van der Waals surface area contributed by atoms with Gasteiger partial charge in [-0.2, -0.15) is 5.10 Å². The van der Waals surface area contributed by atoms with Gasteiger partial charge < -0.3 is 4.90 Å². The standard InChI is InChI=1S/C15H17N3O2S/c1-12-14(15(19)17-7-9-21(20)10-8-17)11-18(16-12)13-5-3-2-4-6-13/h2-6,11H,7-10H2,1H3. The van der Waals surface area contributed by atoms with E-state index in [-0.39, 0.29) is 5.91 Å². The smallest absolute Gasteiger partial charge is 0.257 e. The molecule has 2 heterocycles. The van der Waals surface area contributed by atoms with Crippen molar-refractivity contribution in [3.63, 3.8) is 0 Å². The summed E-state index contributed by atoms with van der Waals surface area (Å²) in [6.07, 6.45) is 1.78. The molecule has 110 valence electrons. The minimum atomic E-state index is -0.778. The fourth-order valence-corrected chi connectivity index (χ4v) is 3.45. The van der Waals surface area contributed by atoms with E-state index < -0.39 is 10.8 Å². The van der Waals surface area contributed by atoms with Crippen molar-refractivity contribution in [1.29, 1.82) is 0 Å². The maximum atomic E-state index is 12.5. The third-order valence-electron chi connectivity index (χ3n) is 3.62. The first-order valence-corrected chi connectivity index (χ1v) is 8.40. The molecule has 0 bridgehead atoms. The molecule has 2 aromatic rings. The molecule has 0 radical (unpaired) electrons. The monoisotopic (exact) mass is 303 g/mol. The number of carbonyl (C=O) groups is 1. The molecule has 1 aliphatic heterocycles. The van der Waals surface area contributed by atoms with E-state index in [9.17, 15) is 9.00 Å². The maximum absolute atomic E-state index is 12.5.